The normalized spacial score (nSPS) is 25.7. The number of hydrogen-bond acceptors (Lipinski definition) is 4. The van der Waals surface area contributed by atoms with Crippen molar-refractivity contribution in [2.24, 2.45) is 5.41 Å². The minimum Gasteiger partial charge on any atom is -0.338 e. The van der Waals surface area contributed by atoms with Crippen LogP contribution in [0.3, 0.4) is 0 Å². The van der Waals surface area contributed by atoms with Gasteiger partial charge in [-0.05, 0) is 50.8 Å². The molecule has 0 aromatic carbocycles. The third-order valence-corrected chi connectivity index (χ3v) is 7.68. The van der Waals surface area contributed by atoms with E-state index in [-0.39, 0.29) is 11.3 Å². The zero-order valence-corrected chi connectivity index (χ0v) is 15.8. The second kappa shape index (κ2) is 7.03. The van der Waals surface area contributed by atoms with Crippen LogP contribution >= 0.6 is 0 Å². The molecule has 2 fully saturated rings. The third kappa shape index (κ3) is 3.87. The molecular weight excluding hydrogens is 338 g/mol. The monoisotopic (exact) mass is 365 g/mol. The lowest BCUT2D eigenvalue weighted by Gasteiger charge is -2.48. The van der Waals surface area contributed by atoms with Gasteiger partial charge in [0, 0.05) is 50.4 Å². The summed E-state index contributed by atoms with van der Waals surface area (Å²) in [4.78, 5) is 18.3. The maximum absolute atomic E-state index is 12.6. The van der Waals surface area contributed by atoms with E-state index < -0.39 is 15.3 Å². The molecule has 0 saturated carbocycles. The first-order chi connectivity index (χ1) is 11.8. The van der Waals surface area contributed by atoms with Gasteiger partial charge in [-0.3, -0.25) is 9.78 Å². The summed E-state index contributed by atoms with van der Waals surface area (Å²) >= 11 is 0. The molecule has 2 aliphatic rings. The van der Waals surface area contributed by atoms with Gasteiger partial charge in [0.2, 0.25) is 15.9 Å². The second-order valence-electron chi connectivity index (χ2n) is 7.64. The highest BCUT2D eigenvalue weighted by Crippen LogP contribution is 2.40. The number of pyridine rings is 1. The molecule has 1 atom stereocenters. The van der Waals surface area contributed by atoms with Crippen LogP contribution in [0.4, 0.5) is 0 Å². The van der Waals surface area contributed by atoms with E-state index in [0.29, 0.717) is 32.6 Å². The Bertz CT molecular complexity index is 720. The van der Waals surface area contributed by atoms with Crippen LogP contribution in [0, 0.1) is 5.41 Å². The van der Waals surface area contributed by atoms with Crippen molar-refractivity contribution in [3.63, 3.8) is 0 Å². The van der Waals surface area contributed by atoms with Gasteiger partial charge in [0.1, 0.15) is 0 Å². The van der Waals surface area contributed by atoms with Gasteiger partial charge in [0.05, 0.1) is 5.25 Å². The summed E-state index contributed by atoms with van der Waals surface area (Å²) in [5, 5.41) is -0.402. The van der Waals surface area contributed by atoms with Crippen LogP contribution in [0.5, 0.6) is 0 Å². The number of carbonyl (C=O) groups is 1. The summed E-state index contributed by atoms with van der Waals surface area (Å²) in [5.74, 6) is 0.159. The van der Waals surface area contributed by atoms with Gasteiger partial charge in [-0.1, -0.05) is 0 Å². The Labute approximate surface area is 150 Å². The average molecular weight is 365 g/mol. The predicted octanol–water partition coefficient (Wildman–Crippen LogP) is 2.02. The zero-order chi connectivity index (χ0) is 18.1. The number of carbonyl (C=O) groups excluding carboxylic acids is 1. The number of rotatable bonds is 4. The number of sulfonamides is 1. The lowest BCUT2D eigenvalue weighted by Crippen LogP contribution is -2.55. The van der Waals surface area contributed by atoms with Gasteiger partial charge < -0.3 is 4.90 Å². The Balaban J connectivity index is 1.76. The Hall–Kier alpha value is -1.47. The van der Waals surface area contributed by atoms with Crippen LogP contribution in [-0.2, 0) is 21.4 Å². The molecule has 1 aromatic heterocycles. The van der Waals surface area contributed by atoms with Crippen molar-refractivity contribution in [2.45, 2.75) is 51.3 Å². The van der Waals surface area contributed by atoms with Crippen LogP contribution in [0.25, 0.3) is 0 Å². The molecule has 138 valence electrons. The van der Waals surface area contributed by atoms with Crippen LogP contribution < -0.4 is 0 Å². The Morgan fingerprint density at radius 2 is 1.92 bits per heavy atom. The van der Waals surface area contributed by atoms with Gasteiger partial charge in [0.25, 0.3) is 0 Å². The van der Waals surface area contributed by atoms with Crippen molar-refractivity contribution in [3.05, 3.63) is 30.1 Å². The van der Waals surface area contributed by atoms with E-state index in [1.807, 2.05) is 17.0 Å². The summed E-state index contributed by atoms with van der Waals surface area (Å²) in [7, 11) is -3.24. The van der Waals surface area contributed by atoms with Crippen molar-refractivity contribution in [1.82, 2.24) is 14.2 Å². The first-order valence-electron chi connectivity index (χ1n) is 8.98. The summed E-state index contributed by atoms with van der Waals surface area (Å²) in [6, 6.07) is 3.84. The van der Waals surface area contributed by atoms with Gasteiger partial charge in [-0.2, -0.15) is 0 Å². The van der Waals surface area contributed by atoms with Crippen molar-refractivity contribution < 1.29 is 13.2 Å². The molecule has 6 nitrogen and oxygen atoms in total. The average Bonchev–Trinajstić information content (AvgIpc) is 2.59. The molecule has 0 radical (unpaired) electrons. The van der Waals surface area contributed by atoms with E-state index in [1.54, 1.807) is 30.5 Å². The number of piperidine rings is 2. The number of likely N-dealkylation sites (tertiary alicyclic amines) is 1. The summed E-state index contributed by atoms with van der Waals surface area (Å²) in [6.07, 6.45) is 6.60. The molecule has 1 amide bonds. The van der Waals surface area contributed by atoms with E-state index in [0.717, 1.165) is 24.8 Å². The summed E-state index contributed by atoms with van der Waals surface area (Å²) in [5.41, 5.74) is 0.948. The fourth-order valence-corrected chi connectivity index (χ4v) is 5.40. The maximum atomic E-state index is 12.6. The fourth-order valence-electron chi connectivity index (χ4n) is 3.97. The van der Waals surface area contributed by atoms with E-state index in [4.69, 9.17) is 0 Å². The SMILES string of the molecule is CC(C)S(=O)(=O)N1CCC[C@]2(CCC(=O)N(Cc3ccncc3)C2)C1. The van der Waals surface area contributed by atoms with E-state index in [9.17, 15) is 13.2 Å². The molecule has 3 heterocycles. The van der Waals surface area contributed by atoms with Gasteiger partial charge in [-0.15, -0.1) is 0 Å². The summed E-state index contributed by atoms with van der Waals surface area (Å²) < 4.78 is 26.8. The van der Waals surface area contributed by atoms with Crippen molar-refractivity contribution in [1.29, 1.82) is 0 Å². The molecule has 25 heavy (non-hydrogen) atoms. The Kier molecular flexibility index (Phi) is 5.16. The topological polar surface area (TPSA) is 70.6 Å². The fraction of sp³-hybridized carbons (Fsp3) is 0.667. The smallest absolute Gasteiger partial charge is 0.222 e. The van der Waals surface area contributed by atoms with Crippen LogP contribution in [0.2, 0.25) is 0 Å². The highest BCUT2D eigenvalue weighted by atomic mass is 32.2. The molecule has 2 aliphatic heterocycles. The standard InChI is InChI=1S/C18H27N3O3S/c1-15(2)25(23,24)21-11-3-7-18(14-21)8-4-17(22)20(13-18)12-16-5-9-19-10-6-16/h5-6,9-10,15H,3-4,7-8,11-14H2,1-2H3/t18-/m1/s1. The van der Waals surface area contributed by atoms with Crippen molar-refractivity contribution >= 4 is 15.9 Å². The summed E-state index contributed by atoms with van der Waals surface area (Å²) in [6.45, 7) is 5.81. The van der Waals surface area contributed by atoms with Crippen molar-refractivity contribution in [2.75, 3.05) is 19.6 Å². The minimum atomic E-state index is -3.24. The molecular formula is C18H27N3O3S. The van der Waals surface area contributed by atoms with Crippen LogP contribution in [-0.4, -0.2) is 53.4 Å². The number of nitrogens with zero attached hydrogens (tertiary/aromatic N) is 3. The number of hydrogen-bond donors (Lipinski definition) is 0. The molecule has 1 spiro atoms. The van der Waals surface area contributed by atoms with E-state index in [1.165, 1.54) is 0 Å². The molecule has 0 N–H and O–H groups in total. The van der Waals surface area contributed by atoms with Gasteiger partial charge in [-0.25, -0.2) is 12.7 Å². The highest BCUT2D eigenvalue weighted by Gasteiger charge is 2.44. The lowest BCUT2D eigenvalue weighted by molar-refractivity contribution is -0.139. The Morgan fingerprint density at radius 3 is 2.60 bits per heavy atom. The lowest BCUT2D eigenvalue weighted by atomic mass is 9.74. The molecule has 1 aromatic rings. The van der Waals surface area contributed by atoms with Crippen LogP contribution in [0.1, 0.15) is 45.1 Å². The largest absolute Gasteiger partial charge is 0.338 e. The molecule has 0 aliphatic carbocycles. The maximum Gasteiger partial charge on any atom is 0.222 e. The van der Waals surface area contributed by atoms with E-state index >= 15 is 0 Å². The quantitative estimate of drug-likeness (QED) is 0.818. The molecule has 2 saturated heterocycles. The molecule has 7 heteroatoms. The first-order valence-corrected chi connectivity index (χ1v) is 10.5. The number of aromatic nitrogens is 1. The van der Waals surface area contributed by atoms with Crippen LogP contribution in [0.15, 0.2) is 24.5 Å². The van der Waals surface area contributed by atoms with Gasteiger partial charge in [0.15, 0.2) is 0 Å². The first kappa shape index (κ1) is 18.3. The highest BCUT2D eigenvalue weighted by molar-refractivity contribution is 7.89. The minimum absolute atomic E-state index is 0.110. The predicted molar refractivity (Wildman–Crippen MR) is 96.2 cm³/mol. The van der Waals surface area contributed by atoms with Crippen molar-refractivity contribution in [3.8, 4) is 0 Å². The van der Waals surface area contributed by atoms with E-state index in [2.05, 4.69) is 4.98 Å². The van der Waals surface area contributed by atoms with Gasteiger partial charge >= 0.3 is 0 Å². The molecule has 0 bridgehead atoms. The zero-order valence-electron chi connectivity index (χ0n) is 15.0. The molecule has 3 rings (SSSR count). The molecule has 0 unspecified atom stereocenters. The second-order valence-corrected chi connectivity index (χ2v) is 10.1. The number of amides is 1. The Morgan fingerprint density at radius 1 is 1.20 bits per heavy atom. The third-order valence-electron chi connectivity index (χ3n) is 5.45.